The number of rotatable bonds is 6. The fourth-order valence-electron chi connectivity index (χ4n) is 1.34. The SMILES string of the molecule is Cc1nc(CC(=O)CCCCN)sc1C. The highest BCUT2D eigenvalue weighted by Gasteiger charge is 2.08. The molecule has 0 atom stereocenters. The topological polar surface area (TPSA) is 56.0 Å². The fraction of sp³-hybridized carbons (Fsp3) is 0.636. The second-order valence-electron chi connectivity index (χ2n) is 3.71. The molecule has 0 aliphatic carbocycles. The molecule has 0 aliphatic heterocycles. The highest BCUT2D eigenvalue weighted by Crippen LogP contribution is 2.17. The molecule has 1 rings (SSSR count). The smallest absolute Gasteiger partial charge is 0.139 e. The number of carbonyl (C=O) groups is 1. The predicted molar refractivity (Wildman–Crippen MR) is 63.2 cm³/mol. The first kappa shape index (κ1) is 12.3. The zero-order valence-corrected chi connectivity index (χ0v) is 10.2. The quantitative estimate of drug-likeness (QED) is 0.755. The molecule has 0 amide bonds. The van der Waals surface area contributed by atoms with Crippen molar-refractivity contribution in [3.8, 4) is 0 Å². The standard InChI is InChI=1S/C11H18N2OS/c1-8-9(2)15-11(13-8)7-10(14)5-3-4-6-12/h3-7,12H2,1-2H3. The second kappa shape index (κ2) is 5.98. The van der Waals surface area contributed by atoms with Crippen LogP contribution in [0, 0.1) is 13.8 Å². The van der Waals surface area contributed by atoms with Gasteiger partial charge in [0, 0.05) is 11.3 Å². The van der Waals surface area contributed by atoms with Crippen LogP contribution in [0.5, 0.6) is 0 Å². The highest BCUT2D eigenvalue weighted by molar-refractivity contribution is 7.11. The van der Waals surface area contributed by atoms with Gasteiger partial charge in [0.05, 0.1) is 12.1 Å². The lowest BCUT2D eigenvalue weighted by Crippen LogP contribution is -2.04. The number of nitrogens with two attached hydrogens (primary N) is 1. The molecule has 0 fully saturated rings. The summed E-state index contributed by atoms with van der Waals surface area (Å²) in [6.45, 7) is 4.69. The number of Topliss-reactive ketones (excluding diaryl/α,β-unsaturated/α-hetero) is 1. The summed E-state index contributed by atoms with van der Waals surface area (Å²) in [5.74, 6) is 0.275. The molecule has 1 heterocycles. The largest absolute Gasteiger partial charge is 0.330 e. The fourth-order valence-corrected chi connectivity index (χ4v) is 2.30. The maximum Gasteiger partial charge on any atom is 0.139 e. The first-order valence-corrected chi connectivity index (χ1v) is 6.09. The summed E-state index contributed by atoms with van der Waals surface area (Å²) in [6, 6.07) is 0. The summed E-state index contributed by atoms with van der Waals surface area (Å²) in [5, 5.41) is 0.947. The van der Waals surface area contributed by atoms with E-state index in [4.69, 9.17) is 5.73 Å². The minimum absolute atomic E-state index is 0.275. The van der Waals surface area contributed by atoms with Gasteiger partial charge in [0.1, 0.15) is 10.8 Å². The minimum atomic E-state index is 0.275. The summed E-state index contributed by atoms with van der Waals surface area (Å²) in [7, 11) is 0. The van der Waals surface area contributed by atoms with Crippen LogP contribution in [0.1, 0.15) is 34.8 Å². The van der Waals surface area contributed by atoms with Crippen molar-refractivity contribution in [2.45, 2.75) is 39.5 Å². The molecule has 0 aliphatic rings. The van der Waals surface area contributed by atoms with Gasteiger partial charge in [0.25, 0.3) is 0 Å². The van der Waals surface area contributed by atoms with Crippen molar-refractivity contribution in [3.05, 3.63) is 15.6 Å². The molecule has 1 aromatic heterocycles. The van der Waals surface area contributed by atoms with Crippen molar-refractivity contribution >= 4 is 17.1 Å². The molecule has 2 N–H and O–H groups in total. The number of carbonyl (C=O) groups excluding carboxylic acids is 1. The predicted octanol–water partition coefficient (Wildman–Crippen LogP) is 2.00. The number of hydrogen-bond donors (Lipinski definition) is 1. The van der Waals surface area contributed by atoms with Crippen LogP contribution in [-0.4, -0.2) is 17.3 Å². The van der Waals surface area contributed by atoms with E-state index in [0.717, 1.165) is 23.5 Å². The third kappa shape index (κ3) is 4.10. The molecule has 15 heavy (non-hydrogen) atoms. The van der Waals surface area contributed by atoms with E-state index in [2.05, 4.69) is 4.98 Å². The van der Waals surface area contributed by atoms with Gasteiger partial charge in [0.2, 0.25) is 0 Å². The Kier molecular flexibility index (Phi) is 4.91. The van der Waals surface area contributed by atoms with Crippen LogP contribution in [0.2, 0.25) is 0 Å². The van der Waals surface area contributed by atoms with Gasteiger partial charge < -0.3 is 5.73 Å². The molecule has 0 saturated heterocycles. The van der Waals surface area contributed by atoms with E-state index in [1.807, 2.05) is 13.8 Å². The van der Waals surface area contributed by atoms with Gasteiger partial charge in [-0.1, -0.05) is 0 Å². The van der Waals surface area contributed by atoms with E-state index < -0.39 is 0 Å². The van der Waals surface area contributed by atoms with Gasteiger partial charge in [-0.15, -0.1) is 11.3 Å². The van der Waals surface area contributed by atoms with E-state index >= 15 is 0 Å². The van der Waals surface area contributed by atoms with Crippen LogP contribution in [0.3, 0.4) is 0 Å². The van der Waals surface area contributed by atoms with Crippen LogP contribution in [0.25, 0.3) is 0 Å². The number of unbranched alkanes of at least 4 members (excludes halogenated alkanes) is 1. The Balaban J connectivity index is 2.37. The van der Waals surface area contributed by atoms with Crippen molar-refractivity contribution in [2.75, 3.05) is 6.54 Å². The van der Waals surface area contributed by atoms with E-state index in [0.29, 0.717) is 19.4 Å². The Hall–Kier alpha value is -0.740. The van der Waals surface area contributed by atoms with Crippen LogP contribution in [0.4, 0.5) is 0 Å². The summed E-state index contributed by atoms with van der Waals surface area (Å²) in [4.78, 5) is 17.1. The zero-order chi connectivity index (χ0) is 11.3. The lowest BCUT2D eigenvalue weighted by Gasteiger charge is -1.97. The Morgan fingerprint density at radius 3 is 2.67 bits per heavy atom. The van der Waals surface area contributed by atoms with E-state index in [-0.39, 0.29) is 5.78 Å². The van der Waals surface area contributed by atoms with Gasteiger partial charge >= 0.3 is 0 Å². The molecule has 0 unspecified atom stereocenters. The van der Waals surface area contributed by atoms with Crippen LogP contribution in [-0.2, 0) is 11.2 Å². The van der Waals surface area contributed by atoms with Crippen LogP contribution >= 0.6 is 11.3 Å². The average Bonchev–Trinajstić information content (AvgIpc) is 2.46. The Labute approximate surface area is 94.7 Å². The van der Waals surface area contributed by atoms with Gasteiger partial charge in [-0.25, -0.2) is 4.98 Å². The molecule has 0 spiro atoms. The summed E-state index contributed by atoms with van der Waals surface area (Å²) < 4.78 is 0. The third-order valence-electron chi connectivity index (χ3n) is 2.33. The molecule has 3 nitrogen and oxygen atoms in total. The van der Waals surface area contributed by atoms with Gasteiger partial charge in [0.15, 0.2) is 0 Å². The molecule has 0 radical (unpaired) electrons. The number of nitrogens with zero attached hydrogens (tertiary/aromatic N) is 1. The van der Waals surface area contributed by atoms with E-state index in [1.165, 1.54) is 4.88 Å². The minimum Gasteiger partial charge on any atom is -0.330 e. The third-order valence-corrected chi connectivity index (χ3v) is 3.40. The summed E-state index contributed by atoms with van der Waals surface area (Å²) in [5.41, 5.74) is 6.41. The number of aryl methyl sites for hydroxylation is 2. The Bertz CT molecular complexity index is 314. The number of aromatic nitrogens is 1. The van der Waals surface area contributed by atoms with Gasteiger partial charge in [-0.05, 0) is 33.2 Å². The first-order chi connectivity index (χ1) is 7.13. The van der Waals surface area contributed by atoms with Gasteiger partial charge in [-0.2, -0.15) is 0 Å². The molecular weight excluding hydrogens is 208 g/mol. The van der Waals surface area contributed by atoms with Crippen molar-refractivity contribution in [1.82, 2.24) is 4.98 Å². The summed E-state index contributed by atoms with van der Waals surface area (Å²) in [6.07, 6.45) is 2.96. The average molecular weight is 226 g/mol. The molecule has 0 saturated carbocycles. The van der Waals surface area contributed by atoms with Crippen LogP contribution in [0.15, 0.2) is 0 Å². The Morgan fingerprint density at radius 1 is 1.40 bits per heavy atom. The van der Waals surface area contributed by atoms with Crippen molar-refractivity contribution < 1.29 is 4.79 Å². The molecule has 0 aromatic carbocycles. The zero-order valence-electron chi connectivity index (χ0n) is 9.38. The van der Waals surface area contributed by atoms with Crippen LogP contribution < -0.4 is 5.73 Å². The van der Waals surface area contributed by atoms with Gasteiger partial charge in [-0.3, -0.25) is 4.79 Å². The number of hydrogen-bond acceptors (Lipinski definition) is 4. The summed E-state index contributed by atoms with van der Waals surface area (Å²) >= 11 is 1.63. The van der Waals surface area contributed by atoms with E-state index in [9.17, 15) is 4.79 Å². The molecule has 84 valence electrons. The normalized spacial score (nSPS) is 10.6. The molecule has 4 heteroatoms. The van der Waals surface area contributed by atoms with Crippen molar-refractivity contribution in [1.29, 1.82) is 0 Å². The lowest BCUT2D eigenvalue weighted by molar-refractivity contribution is -0.118. The molecular formula is C11H18N2OS. The first-order valence-electron chi connectivity index (χ1n) is 5.28. The Morgan fingerprint density at radius 2 is 2.13 bits per heavy atom. The monoisotopic (exact) mass is 226 g/mol. The maximum atomic E-state index is 11.5. The molecule has 0 bridgehead atoms. The number of ketones is 1. The highest BCUT2D eigenvalue weighted by atomic mass is 32.1. The van der Waals surface area contributed by atoms with E-state index in [1.54, 1.807) is 11.3 Å². The number of thiazole rings is 1. The van der Waals surface area contributed by atoms with Crippen molar-refractivity contribution in [3.63, 3.8) is 0 Å². The van der Waals surface area contributed by atoms with Crippen molar-refractivity contribution in [2.24, 2.45) is 5.73 Å². The maximum absolute atomic E-state index is 11.5. The second-order valence-corrected chi connectivity index (χ2v) is 5.00. The lowest BCUT2D eigenvalue weighted by atomic mass is 10.1. The molecule has 1 aromatic rings.